The molecule has 0 atom stereocenters. The number of hydrogen-bond donors (Lipinski definition) is 0. The van der Waals surface area contributed by atoms with Crippen molar-refractivity contribution in [2.45, 2.75) is 97.4 Å². The first-order valence-electron chi connectivity index (χ1n) is 16.9. The highest BCUT2D eigenvalue weighted by Crippen LogP contribution is 2.42. The van der Waals surface area contributed by atoms with Crippen LogP contribution >= 0.6 is 0 Å². The predicted molar refractivity (Wildman–Crippen MR) is 191 cm³/mol. The Morgan fingerprint density at radius 2 is 1.41 bits per heavy atom. The third kappa shape index (κ3) is 10.3. The summed E-state index contributed by atoms with van der Waals surface area (Å²) < 4.78 is 81.4. The highest BCUT2D eigenvalue weighted by molar-refractivity contribution is 7.85. The first kappa shape index (κ1) is 38.4. The standard InChI is InChI=1S/C37H50N2O8S2/c1-7-36(3,4)28-18-20-32-30(26-28)38(22-12-14-24-48(40,41)42)34(46-32)16-10-9-11-17-35-39(23-13-15-25-49(43,44)45)31-27-29(37(5,6)8-2)19-21-33(31)47-35/h9-11,16-21,26-27H,7-8,12-15,22-25H2,1-6H3,(H-,40,41,42,43,44,45)/p-1. The Kier molecular flexibility index (Phi) is 12.2. The van der Waals surface area contributed by atoms with Gasteiger partial charge < -0.3 is 23.2 Å². The van der Waals surface area contributed by atoms with Crippen LogP contribution in [0, 0.1) is 0 Å². The Morgan fingerprint density at radius 1 is 0.796 bits per heavy atom. The van der Waals surface area contributed by atoms with E-state index in [1.54, 1.807) is 0 Å². The van der Waals surface area contributed by atoms with Crippen molar-refractivity contribution in [1.29, 1.82) is 0 Å². The van der Waals surface area contributed by atoms with E-state index in [9.17, 15) is 25.9 Å². The maximum atomic E-state index is 11.2. The van der Waals surface area contributed by atoms with Gasteiger partial charge in [0.25, 0.3) is 5.52 Å². The first-order valence-corrected chi connectivity index (χ1v) is 20.1. The third-order valence-electron chi connectivity index (χ3n) is 9.54. The van der Waals surface area contributed by atoms with E-state index in [0.717, 1.165) is 24.0 Å². The highest BCUT2D eigenvalue weighted by atomic mass is 32.2. The van der Waals surface area contributed by atoms with Crippen LogP contribution in [0.25, 0.3) is 17.2 Å². The van der Waals surface area contributed by atoms with Gasteiger partial charge in [0.05, 0.1) is 32.0 Å². The minimum Gasteiger partial charge on any atom is -0.748 e. The molecule has 1 aliphatic heterocycles. The summed E-state index contributed by atoms with van der Waals surface area (Å²) in [7, 11) is -8.56. The zero-order valence-electron chi connectivity index (χ0n) is 29.4. The van der Waals surface area contributed by atoms with Gasteiger partial charge in [-0.05, 0) is 78.3 Å². The van der Waals surface area contributed by atoms with E-state index in [-0.39, 0.29) is 23.7 Å². The number of ether oxygens (including phenoxy) is 1. The smallest absolute Gasteiger partial charge is 0.374 e. The van der Waals surface area contributed by atoms with Gasteiger partial charge in [-0.3, -0.25) is 0 Å². The minimum atomic E-state index is -4.28. The lowest BCUT2D eigenvalue weighted by molar-refractivity contribution is -0.678. The van der Waals surface area contributed by atoms with Gasteiger partial charge in [-0.25, -0.2) is 16.8 Å². The van der Waals surface area contributed by atoms with Gasteiger partial charge in [0.2, 0.25) is 11.5 Å². The Balaban J connectivity index is 1.59. The summed E-state index contributed by atoms with van der Waals surface area (Å²) in [5.74, 6) is 1.08. The number of anilines is 1. The zero-order chi connectivity index (χ0) is 36.0. The van der Waals surface area contributed by atoms with E-state index in [1.807, 2.05) is 52.0 Å². The van der Waals surface area contributed by atoms with Crippen LogP contribution in [0.3, 0.4) is 0 Å². The molecule has 0 aliphatic carbocycles. The molecule has 2 heterocycles. The molecule has 4 rings (SSSR count). The summed E-state index contributed by atoms with van der Waals surface area (Å²) in [4.78, 5) is 2.01. The number of nitrogens with zero attached hydrogens (tertiary/aromatic N) is 2. The number of hydrogen-bond acceptors (Lipinski definition) is 9. The summed E-state index contributed by atoms with van der Waals surface area (Å²) in [5.41, 5.74) is 4.77. The monoisotopic (exact) mass is 713 g/mol. The molecule has 268 valence electrons. The van der Waals surface area contributed by atoms with Crippen molar-refractivity contribution in [3.63, 3.8) is 0 Å². The molecule has 0 spiro atoms. The van der Waals surface area contributed by atoms with Gasteiger partial charge in [0.15, 0.2) is 12.3 Å². The topological polar surface area (TPSA) is 144 Å². The fraction of sp³-hybridized carbons (Fsp3) is 0.486. The van der Waals surface area contributed by atoms with Gasteiger partial charge in [-0.1, -0.05) is 71.9 Å². The largest absolute Gasteiger partial charge is 0.748 e. The van der Waals surface area contributed by atoms with Crippen molar-refractivity contribution in [2.24, 2.45) is 0 Å². The first-order chi connectivity index (χ1) is 22.9. The van der Waals surface area contributed by atoms with Crippen molar-refractivity contribution in [3.05, 3.63) is 83.6 Å². The Labute approximate surface area is 291 Å². The molecule has 0 saturated carbocycles. The number of benzene rings is 2. The van der Waals surface area contributed by atoms with Gasteiger partial charge in [0, 0.05) is 30.5 Å². The molecule has 1 aliphatic rings. The number of aryl methyl sites for hydroxylation is 1. The summed E-state index contributed by atoms with van der Waals surface area (Å²) in [6, 6.07) is 12.3. The van der Waals surface area contributed by atoms with Crippen LogP contribution in [0.1, 0.15) is 97.1 Å². The molecule has 1 aromatic heterocycles. The zero-order valence-corrected chi connectivity index (χ0v) is 31.0. The second-order valence-electron chi connectivity index (χ2n) is 13.9. The fourth-order valence-electron chi connectivity index (χ4n) is 5.60. The number of fused-ring (bicyclic) bond motifs is 2. The Bertz CT molecular complexity index is 1940. The number of oxazole rings is 1. The molecule has 0 radical (unpaired) electrons. The molecule has 0 fully saturated rings. The number of unbranched alkanes of at least 4 members (excludes halogenated alkanes) is 2. The molecule has 0 amide bonds. The van der Waals surface area contributed by atoms with E-state index < -0.39 is 31.7 Å². The lowest BCUT2D eigenvalue weighted by atomic mass is 9.82. The second-order valence-corrected chi connectivity index (χ2v) is 16.9. The van der Waals surface area contributed by atoms with E-state index in [2.05, 4.69) is 65.8 Å². The van der Waals surface area contributed by atoms with E-state index >= 15 is 0 Å². The third-order valence-corrected chi connectivity index (χ3v) is 11.1. The number of aromatic nitrogens is 1. The molecule has 49 heavy (non-hydrogen) atoms. The fourth-order valence-corrected chi connectivity index (χ4v) is 6.71. The summed E-state index contributed by atoms with van der Waals surface area (Å²) >= 11 is 0. The molecule has 0 bridgehead atoms. The molecule has 2 aromatic carbocycles. The Morgan fingerprint density at radius 3 is 2.04 bits per heavy atom. The van der Waals surface area contributed by atoms with Crippen molar-refractivity contribution in [1.82, 2.24) is 0 Å². The van der Waals surface area contributed by atoms with Crippen molar-refractivity contribution in [2.75, 3.05) is 23.0 Å². The quantitative estimate of drug-likeness (QED) is 0.0622. The van der Waals surface area contributed by atoms with Gasteiger partial charge in [-0.2, -0.15) is 4.57 Å². The summed E-state index contributed by atoms with van der Waals surface area (Å²) in [6.07, 6.45) is 12.6. The van der Waals surface area contributed by atoms with E-state index in [1.165, 1.54) is 11.1 Å². The van der Waals surface area contributed by atoms with Crippen LogP contribution in [-0.2, 0) is 37.6 Å². The predicted octanol–water partition coefficient (Wildman–Crippen LogP) is 7.06. The van der Waals surface area contributed by atoms with Gasteiger partial charge in [-0.15, -0.1) is 0 Å². The minimum absolute atomic E-state index is 0.0382. The SMILES string of the molecule is CCC(C)(C)c1ccc2c(c1)N(CCCCS(=O)(=O)[O-])C(=CC=CC=Cc1oc3ccc(C(C)(C)CC)cc3[n+]1CCCCS(=O)(=O)[O-])O2. The molecule has 3 aromatic rings. The maximum absolute atomic E-state index is 11.2. The lowest BCUT2D eigenvalue weighted by Gasteiger charge is -2.25. The Hall–Kier alpha value is -3.45. The lowest BCUT2D eigenvalue weighted by Crippen LogP contribution is -2.35. The van der Waals surface area contributed by atoms with E-state index in [0.29, 0.717) is 49.0 Å². The van der Waals surface area contributed by atoms with E-state index in [4.69, 9.17) is 9.15 Å². The molecule has 10 nitrogen and oxygen atoms in total. The van der Waals surface area contributed by atoms with Crippen molar-refractivity contribution < 1.29 is 39.7 Å². The molecule has 0 unspecified atom stereocenters. The van der Waals surface area contributed by atoms with Crippen LogP contribution < -0.4 is 14.2 Å². The van der Waals surface area contributed by atoms with Crippen LogP contribution in [0.15, 0.2) is 71.0 Å². The molecular formula is C37H49N2O8S2-. The summed E-state index contributed by atoms with van der Waals surface area (Å²) in [6.45, 7) is 14.0. The normalized spacial score (nSPS) is 15.3. The molecular weight excluding hydrogens is 665 g/mol. The average molecular weight is 714 g/mol. The van der Waals surface area contributed by atoms with Crippen LogP contribution in [0.5, 0.6) is 5.75 Å². The maximum Gasteiger partial charge on any atom is 0.374 e. The summed E-state index contributed by atoms with van der Waals surface area (Å²) in [5, 5.41) is 0. The second kappa shape index (κ2) is 15.6. The van der Waals surface area contributed by atoms with Crippen LogP contribution in [0.4, 0.5) is 5.69 Å². The van der Waals surface area contributed by atoms with Crippen LogP contribution in [-0.4, -0.2) is 44.0 Å². The van der Waals surface area contributed by atoms with Gasteiger partial charge in [0.1, 0.15) is 0 Å². The highest BCUT2D eigenvalue weighted by Gasteiger charge is 2.29. The van der Waals surface area contributed by atoms with Crippen molar-refractivity contribution in [3.8, 4) is 5.75 Å². The number of rotatable bonds is 17. The molecule has 12 heteroatoms. The number of allylic oxidation sites excluding steroid dienone is 4. The van der Waals surface area contributed by atoms with Gasteiger partial charge >= 0.3 is 5.89 Å². The molecule has 0 N–H and O–H groups in total. The molecule has 0 saturated heterocycles. The van der Waals surface area contributed by atoms with Crippen LogP contribution in [0.2, 0.25) is 0 Å². The van der Waals surface area contributed by atoms with Crippen molar-refractivity contribution >= 4 is 43.1 Å². The average Bonchev–Trinajstić information content (AvgIpc) is 3.56.